The molecule has 0 aromatic carbocycles. The van der Waals surface area contributed by atoms with E-state index >= 15 is 0 Å². The van der Waals surface area contributed by atoms with Gasteiger partial charge in [-0.2, -0.15) is 0 Å². The molecule has 4 N–H and O–H groups in total. The second-order valence-corrected chi connectivity index (χ2v) is 2.87. The Labute approximate surface area is 81.5 Å². The predicted octanol–water partition coefficient (Wildman–Crippen LogP) is -1.98. The zero-order valence-electron chi connectivity index (χ0n) is 7.78. The number of rotatable bonds is 6. The summed E-state index contributed by atoms with van der Waals surface area (Å²) < 4.78 is 0. The van der Waals surface area contributed by atoms with Crippen LogP contribution in [0.3, 0.4) is 0 Å². The quantitative estimate of drug-likeness (QED) is 0.343. The smallest absolute Gasteiger partial charge is 0.317 e. The number of urea groups is 1. The lowest BCUT2D eigenvalue weighted by Crippen LogP contribution is -2.35. The van der Waals surface area contributed by atoms with Crippen LogP contribution in [0.5, 0.6) is 0 Å². The molecule has 0 aromatic heterocycles. The Morgan fingerprint density at radius 1 is 1.71 bits per heavy atom. The molecule has 1 heterocycles. The molecule has 0 radical (unpaired) electrons. The summed E-state index contributed by atoms with van der Waals surface area (Å²) in [5.41, 5.74) is 7.38. The third kappa shape index (κ3) is 3.58. The van der Waals surface area contributed by atoms with Crippen molar-refractivity contribution in [2.75, 3.05) is 32.8 Å². The van der Waals surface area contributed by atoms with Crippen molar-refractivity contribution in [2.24, 2.45) is 5.73 Å². The van der Waals surface area contributed by atoms with Crippen LogP contribution in [-0.2, 0) is 9.63 Å². The highest BCUT2D eigenvalue weighted by Gasteiger charge is 2.17. The van der Waals surface area contributed by atoms with Crippen molar-refractivity contribution in [3.05, 3.63) is 0 Å². The maximum atomic E-state index is 11.0. The van der Waals surface area contributed by atoms with E-state index in [0.29, 0.717) is 26.2 Å². The van der Waals surface area contributed by atoms with Gasteiger partial charge in [0.25, 0.3) is 0 Å². The molecule has 7 heteroatoms. The van der Waals surface area contributed by atoms with Crippen molar-refractivity contribution in [1.29, 1.82) is 0 Å². The van der Waals surface area contributed by atoms with Crippen LogP contribution >= 0.6 is 0 Å². The highest BCUT2D eigenvalue weighted by Crippen LogP contribution is 1.93. The lowest BCUT2D eigenvalue weighted by molar-refractivity contribution is -0.125. The maximum Gasteiger partial charge on any atom is 0.317 e. The molecule has 3 amide bonds. The number of hydroxylamine groups is 1. The zero-order valence-corrected chi connectivity index (χ0v) is 7.78. The summed E-state index contributed by atoms with van der Waals surface area (Å²) >= 11 is 0. The van der Waals surface area contributed by atoms with Crippen LogP contribution < -0.4 is 16.5 Å². The molecule has 0 atom stereocenters. The first-order valence-corrected chi connectivity index (χ1v) is 4.36. The lowest BCUT2D eigenvalue weighted by atomic mass is 10.5. The van der Waals surface area contributed by atoms with Crippen molar-refractivity contribution in [1.82, 2.24) is 15.7 Å². The number of carbonyl (C=O) groups is 2. The number of hydrogen-bond donors (Lipinski definition) is 3. The van der Waals surface area contributed by atoms with Gasteiger partial charge in [0.05, 0.1) is 0 Å². The van der Waals surface area contributed by atoms with Gasteiger partial charge in [0.1, 0.15) is 6.61 Å². The summed E-state index contributed by atoms with van der Waals surface area (Å²) in [5.74, 6) is -0.531. The topological polar surface area (TPSA) is 96.7 Å². The van der Waals surface area contributed by atoms with Crippen LogP contribution in [0, 0.1) is 0 Å². The Morgan fingerprint density at radius 2 is 2.50 bits per heavy atom. The van der Waals surface area contributed by atoms with E-state index in [-0.39, 0.29) is 12.6 Å². The molecule has 7 nitrogen and oxygen atoms in total. The van der Waals surface area contributed by atoms with E-state index in [9.17, 15) is 9.59 Å². The zero-order chi connectivity index (χ0) is 10.4. The normalized spacial score (nSPS) is 15.7. The van der Waals surface area contributed by atoms with Gasteiger partial charge in [-0.1, -0.05) is 0 Å². The molecule has 1 aliphatic rings. The molecule has 0 bridgehead atoms. The minimum absolute atomic E-state index is 0.0679. The second-order valence-electron chi connectivity index (χ2n) is 2.87. The van der Waals surface area contributed by atoms with Crippen LogP contribution in [0.15, 0.2) is 0 Å². The van der Waals surface area contributed by atoms with Crippen molar-refractivity contribution >= 4 is 11.9 Å². The van der Waals surface area contributed by atoms with Crippen molar-refractivity contribution < 1.29 is 14.4 Å². The Bertz CT molecular complexity index is 221. The van der Waals surface area contributed by atoms with E-state index in [1.54, 1.807) is 4.90 Å². The molecule has 0 aromatic rings. The summed E-state index contributed by atoms with van der Waals surface area (Å²) in [4.78, 5) is 27.6. The molecule has 80 valence electrons. The van der Waals surface area contributed by atoms with Gasteiger partial charge < -0.3 is 16.0 Å². The number of nitrogens with zero attached hydrogens (tertiary/aromatic N) is 1. The molecular formula is C7H14N4O3. The number of amides is 3. The molecule has 0 saturated carbocycles. The van der Waals surface area contributed by atoms with Gasteiger partial charge in [-0.25, -0.2) is 10.3 Å². The van der Waals surface area contributed by atoms with Crippen molar-refractivity contribution in [2.45, 2.75) is 0 Å². The average Bonchev–Trinajstić information content (AvgIpc) is 2.51. The summed E-state index contributed by atoms with van der Waals surface area (Å²) in [7, 11) is 0. The number of carbonyl (C=O) groups excluding carboxylic acids is 2. The van der Waals surface area contributed by atoms with Gasteiger partial charge in [-0.15, -0.1) is 0 Å². The van der Waals surface area contributed by atoms with E-state index in [2.05, 4.69) is 10.8 Å². The van der Waals surface area contributed by atoms with Crippen molar-refractivity contribution in [3.63, 3.8) is 0 Å². The molecule has 0 unspecified atom stereocenters. The largest absolute Gasteiger partial charge is 0.368 e. The van der Waals surface area contributed by atoms with E-state index in [0.717, 1.165) is 0 Å². The van der Waals surface area contributed by atoms with E-state index in [4.69, 9.17) is 10.6 Å². The lowest BCUT2D eigenvalue weighted by Gasteiger charge is -2.13. The van der Waals surface area contributed by atoms with E-state index < -0.39 is 5.91 Å². The molecule has 0 spiro atoms. The third-order valence-electron chi connectivity index (χ3n) is 1.75. The Balaban J connectivity index is 1.98. The third-order valence-corrected chi connectivity index (χ3v) is 1.75. The predicted molar refractivity (Wildman–Crippen MR) is 48.1 cm³/mol. The molecule has 14 heavy (non-hydrogen) atoms. The first-order valence-electron chi connectivity index (χ1n) is 4.36. The fraction of sp³-hybridized carbons (Fsp3) is 0.714. The molecule has 1 aliphatic heterocycles. The molecule has 1 fully saturated rings. The molecule has 0 aliphatic carbocycles. The fourth-order valence-corrected chi connectivity index (χ4v) is 1.10. The highest BCUT2D eigenvalue weighted by atomic mass is 16.6. The second kappa shape index (κ2) is 5.40. The number of nitrogens with two attached hydrogens (primary N) is 1. The van der Waals surface area contributed by atoms with Crippen LogP contribution in [0.4, 0.5) is 4.79 Å². The Kier molecular flexibility index (Phi) is 4.14. The molecule has 1 saturated heterocycles. The van der Waals surface area contributed by atoms with Crippen LogP contribution in [0.2, 0.25) is 0 Å². The van der Waals surface area contributed by atoms with E-state index in [1.165, 1.54) is 0 Å². The first kappa shape index (κ1) is 10.7. The monoisotopic (exact) mass is 202 g/mol. The van der Waals surface area contributed by atoms with Crippen LogP contribution in [-0.4, -0.2) is 49.6 Å². The SMILES string of the molecule is NC(=O)CONCCN1CCNC1=O. The summed E-state index contributed by atoms with van der Waals surface area (Å²) in [5, 5.41) is 2.67. The van der Waals surface area contributed by atoms with Gasteiger partial charge in [-0.05, 0) is 0 Å². The number of nitrogens with one attached hydrogen (secondary N) is 2. The van der Waals surface area contributed by atoms with Gasteiger partial charge in [0.2, 0.25) is 5.91 Å². The van der Waals surface area contributed by atoms with Crippen molar-refractivity contribution in [3.8, 4) is 0 Å². The minimum Gasteiger partial charge on any atom is -0.368 e. The number of primary amides is 1. The highest BCUT2D eigenvalue weighted by molar-refractivity contribution is 5.76. The summed E-state index contributed by atoms with van der Waals surface area (Å²) in [6.45, 7) is 2.24. The minimum atomic E-state index is -0.531. The van der Waals surface area contributed by atoms with Gasteiger partial charge >= 0.3 is 6.03 Å². The Morgan fingerprint density at radius 3 is 3.07 bits per heavy atom. The van der Waals surface area contributed by atoms with Gasteiger partial charge in [0.15, 0.2) is 0 Å². The van der Waals surface area contributed by atoms with Gasteiger partial charge in [0, 0.05) is 26.2 Å². The van der Waals surface area contributed by atoms with Gasteiger partial charge in [-0.3, -0.25) is 9.63 Å². The van der Waals surface area contributed by atoms with E-state index in [1.807, 2.05) is 0 Å². The number of hydrogen-bond acceptors (Lipinski definition) is 4. The summed E-state index contributed by atoms with van der Waals surface area (Å²) in [6.07, 6.45) is 0. The maximum absolute atomic E-state index is 11.0. The summed E-state index contributed by atoms with van der Waals surface area (Å²) in [6, 6.07) is -0.0679. The molecule has 1 rings (SSSR count). The molecular weight excluding hydrogens is 188 g/mol. The average molecular weight is 202 g/mol. The first-order chi connectivity index (χ1) is 6.70. The fourth-order valence-electron chi connectivity index (χ4n) is 1.10. The van der Waals surface area contributed by atoms with Crippen LogP contribution in [0.25, 0.3) is 0 Å². The Hall–Kier alpha value is -1.34. The van der Waals surface area contributed by atoms with Crippen LogP contribution in [0.1, 0.15) is 0 Å². The standard InChI is InChI=1S/C7H14N4O3/c8-6(12)5-14-10-2-4-11-3-1-9-7(11)13/h10H,1-5H2,(H2,8,12)(H,9,13).